The maximum atomic E-state index is 14.1. The van der Waals surface area contributed by atoms with Crippen LogP contribution in [0.3, 0.4) is 0 Å². The van der Waals surface area contributed by atoms with Crippen LogP contribution in [0.2, 0.25) is 0 Å². The van der Waals surface area contributed by atoms with E-state index in [0.29, 0.717) is 36.8 Å². The molecule has 5 heteroatoms. The molecular formula is C16H16FN3O. The molecule has 0 fully saturated rings. The van der Waals surface area contributed by atoms with E-state index in [1.54, 1.807) is 17.1 Å². The number of hydrogen-bond donors (Lipinski definition) is 1. The minimum atomic E-state index is -0.362. The van der Waals surface area contributed by atoms with Crippen molar-refractivity contribution in [2.75, 3.05) is 11.6 Å². The first-order chi connectivity index (χ1) is 10.2. The van der Waals surface area contributed by atoms with Crippen LogP contribution in [0.1, 0.15) is 12.0 Å². The average Bonchev–Trinajstić information content (AvgIpc) is 2.92. The van der Waals surface area contributed by atoms with Gasteiger partial charge in [-0.1, -0.05) is 30.3 Å². The van der Waals surface area contributed by atoms with Gasteiger partial charge < -0.3 is 10.5 Å². The van der Waals surface area contributed by atoms with E-state index < -0.39 is 0 Å². The molecule has 0 atom stereocenters. The minimum absolute atomic E-state index is 0.362. The van der Waals surface area contributed by atoms with Gasteiger partial charge in [0.1, 0.15) is 18.2 Å². The van der Waals surface area contributed by atoms with Gasteiger partial charge in [0.15, 0.2) is 5.82 Å². The van der Waals surface area contributed by atoms with Crippen LogP contribution in [0.25, 0.3) is 0 Å². The molecule has 0 saturated heterocycles. The summed E-state index contributed by atoms with van der Waals surface area (Å²) in [5.41, 5.74) is 7.08. The molecule has 108 valence electrons. The van der Waals surface area contributed by atoms with Gasteiger partial charge in [0.05, 0.1) is 5.69 Å². The largest absolute Gasteiger partial charge is 0.489 e. The Balaban J connectivity index is 1.70. The monoisotopic (exact) mass is 285 g/mol. The van der Waals surface area contributed by atoms with Crippen molar-refractivity contribution < 1.29 is 9.13 Å². The van der Waals surface area contributed by atoms with Crippen molar-refractivity contribution in [2.24, 2.45) is 10.8 Å². The minimum Gasteiger partial charge on any atom is -0.489 e. The number of rotatable bonds is 4. The van der Waals surface area contributed by atoms with Gasteiger partial charge in [0, 0.05) is 19.0 Å². The summed E-state index contributed by atoms with van der Waals surface area (Å²) in [7, 11) is 0. The molecule has 0 radical (unpaired) electrons. The van der Waals surface area contributed by atoms with Crippen LogP contribution in [-0.2, 0) is 6.61 Å². The van der Waals surface area contributed by atoms with Crippen molar-refractivity contribution in [3.63, 3.8) is 0 Å². The maximum absolute atomic E-state index is 14.1. The number of amidine groups is 1. The molecule has 0 unspecified atom stereocenters. The predicted octanol–water partition coefficient (Wildman–Crippen LogP) is 2.89. The lowest BCUT2D eigenvalue weighted by atomic mass is 10.2. The second-order valence-electron chi connectivity index (χ2n) is 4.85. The van der Waals surface area contributed by atoms with Crippen LogP contribution >= 0.6 is 0 Å². The zero-order chi connectivity index (χ0) is 14.7. The fourth-order valence-corrected chi connectivity index (χ4v) is 2.18. The van der Waals surface area contributed by atoms with E-state index in [2.05, 4.69) is 5.10 Å². The summed E-state index contributed by atoms with van der Waals surface area (Å²) < 4.78 is 19.7. The van der Waals surface area contributed by atoms with Crippen molar-refractivity contribution >= 4 is 11.5 Å². The third kappa shape index (κ3) is 3.13. The first-order valence-electron chi connectivity index (χ1n) is 6.79. The molecule has 3 rings (SSSR count). The normalized spacial score (nSPS) is 14.1. The van der Waals surface area contributed by atoms with Crippen molar-refractivity contribution in [1.29, 1.82) is 0 Å². The number of anilines is 1. The molecule has 0 amide bonds. The lowest BCUT2D eigenvalue weighted by molar-refractivity contribution is 0.304. The van der Waals surface area contributed by atoms with E-state index in [1.165, 1.54) is 6.07 Å². The van der Waals surface area contributed by atoms with Crippen molar-refractivity contribution in [3.05, 3.63) is 59.9 Å². The highest BCUT2D eigenvalue weighted by atomic mass is 19.1. The van der Waals surface area contributed by atoms with Gasteiger partial charge in [-0.15, -0.1) is 0 Å². The molecule has 21 heavy (non-hydrogen) atoms. The van der Waals surface area contributed by atoms with Gasteiger partial charge in [-0.2, -0.15) is 5.10 Å². The molecule has 0 aromatic heterocycles. The summed E-state index contributed by atoms with van der Waals surface area (Å²) in [6.07, 6.45) is 0.658. The van der Waals surface area contributed by atoms with E-state index >= 15 is 0 Å². The Morgan fingerprint density at radius 2 is 2.00 bits per heavy atom. The van der Waals surface area contributed by atoms with Crippen LogP contribution in [0.15, 0.2) is 53.6 Å². The average molecular weight is 285 g/mol. The Labute approximate surface area is 122 Å². The van der Waals surface area contributed by atoms with E-state index in [-0.39, 0.29) is 5.82 Å². The van der Waals surface area contributed by atoms with Crippen LogP contribution in [-0.4, -0.2) is 12.4 Å². The summed E-state index contributed by atoms with van der Waals surface area (Å²) in [5.74, 6) is 0.661. The Bertz CT molecular complexity index is 658. The van der Waals surface area contributed by atoms with E-state index in [4.69, 9.17) is 10.5 Å². The lowest BCUT2D eigenvalue weighted by Crippen LogP contribution is -2.13. The van der Waals surface area contributed by atoms with Gasteiger partial charge in [-0.05, 0) is 17.7 Å². The van der Waals surface area contributed by atoms with E-state index in [1.807, 2.05) is 30.3 Å². The molecule has 0 aliphatic carbocycles. The van der Waals surface area contributed by atoms with Crippen LogP contribution in [0, 0.1) is 5.82 Å². The summed E-state index contributed by atoms with van der Waals surface area (Å²) in [5, 5.41) is 5.66. The van der Waals surface area contributed by atoms with Crippen LogP contribution < -0.4 is 15.5 Å². The number of ether oxygens (including phenoxy) is 1. The van der Waals surface area contributed by atoms with Crippen molar-refractivity contribution in [1.82, 2.24) is 0 Å². The Hall–Kier alpha value is -2.56. The van der Waals surface area contributed by atoms with Gasteiger partial charge in [-0.3, -0.25) is 5.01 Å². The third-order valence-electron chi connectivity index (χ3n) is 3.27. The highest BCUT2D eigenvalue weighted by Gasteiger charge is 2.17. The number of nitrogens with two attached hydrogens (primary N) is 1. The zero-order valence-electron chi connectivity index (χ0n) is 11.5. The zero-order valence-corrected chi connectivity index (χ0v) is 11.5. The smallest absolute Gasteiger partial charge is 0.152 e. The quantitative estimate of drug-likeness (QED) is 0.939. The SMILES string of the molecule is NC1=NN(c2ccc(OCc3ccccc3)cc2F)CC1. The van der Waals surface area contributed by atoms with Gasteiger partial charge in [0.2, 0.25) is 0 Å². The number of halogens is 1. The molecule has 2 N–H and O–H groups in total. The molecule has 2 aromatic carbocycles. The van der Waals surface area contributed by atoms with Crippen molar-refractivity contribution in [2.45, 2.75) is 13.0 Å². The first kappa shape index (κ1) is 13.4. The van der Waals surface area contributed by atoms with E-state index in [9.17, 15) is 4.39 Å². The maximum Gasteiger partial charge on any atom is 0.152 e. The Kier molecular flexibility index (Phi) is 3.73. The molecule has 4 nitrogen and oxygen atoms in total. The molecule has 1 aliphatic rings. The van der Waals surface area contributed by atoms with E-state index in [0.717, 1.165) is 5.56 Å². The second kappa shape index (κ2) is 5.83. The second-order valence-corrected chi connectivity index (χ2v) is 4.85. The number of benzene rings is 2. The first-order valence-corrected chi connectivity index (χ1v) is 6.79. The Morgan fingerprint density at radius 1 is 1.19 bits per heavy atom. The van der Waals surface area contributed by atoms with Gasteiger partial charge in [-0.25, -0.2) is 4.39 Å². The topological polar surface area (TPSA) is 50.8 Å². The highest BCUT2D eigenvalue weighted by molar-refractivity contribution is 5.84. The molecule has 0 saturated carbocycles. The number of nitrogens with zero attached hydrogens (tertiary/aromatic N) is 2. The summed E-state index contributed by atoms with van der Waals surface area (Å²) >= 11 is 0. The molecule has 1 heterocycles. The van der Waals surface area contributed by atoms with Gasteiger partial charge in [0.25, 0.3) is 0 Å². The predicted molar refractivity (Wildman–Crippen MR) is 80.8 cm³/mol. The fourth-order valence-electron chi connectivity index (χ4n) is 2.18. The lowest BCUT2D eigenvalue weighted by Gasteiger charge is -2.15. The number of hydrazone groups is 1. The summed E-state index contributed by atoms with van der Waals surface area (Å²) in [6, 6.07) is 14.5. The third-order valence-corrected chi connectivity index (χ3v) is 3.27. The highest BCUT2D eigenvalue weighted by Crippen LogP contribution is 2.26. The number of hydrogen-bond acceptors (Lipinski definition) is 4. The standard InChI is InChI=1S/C16H16FN3O/c17-14-10-13(21-11-12-4-2-1-3-5-12)6-7-15(14)20-9-8-16(18)19-20/h1-7,10H,8-9,11H2,(H2,18,19). The van der Waals surface area contributed by atoms with Gasteiger partial charge >= 0.3 is 0 Å². The molecule has 2 aromatic rings. The molecule has 0 spiro atoms. The fraction of sp³-hybridized carbons (Fsp3) is 0.188. The van der Waals surface area contributed by atoms with Crippen LogP contribution in [0.5, 0.6) is 5.75 Å². The van der Waals surface area contributed by atoms with Crippen LogP contribution in [0.4, 0.5) is 10.1 Å². The van der Waals surface area contributed by atoms with Crippen molar-refractivity contribution in [3.8, 4) is 5.75 Å². The summed E-state index contributed by atoms with van der Waals surface area (Å²) in [6.45, 7) is 1.02. The Morgan fingerprint density at radius 3 is 2.67 bits per heavy atom. The summed E-state index contributed by atoms with van der Waals surface area (Å²) in [4.78, 5) is 0. The molecule has 1 aliphatic heterocycles. The molecular weight excluding hydrogens is 269 g/mol. The molecule has 0 bridgehead atoms.